The summed E-state index contributed by atoms with van der Waals surface area (Å²) in [5.74, 6) is -0.0434. The van der Waals surface area contributed by atoms with Crippen LogP contribution in [0.3, 0.4) is 0 Å². The van der Waals surface area contributed by atoms with E-state index in [0.29, 0.717) is 11.1 Å². The third-order valence-corrected chi connectivity index (χ3v) is 3.93. The molecule has 5 heteroatoms. The molecule has 2 heterocycles. The molecular formula is C18H19N3O2. The van der Waals surface area contributed by atoms with Gasteiger partial charge in [0.1, 0.15) is 5.52 Å². The number of fused-ring (bicyclic) bond motifs is 1. The standard InChI is InChI=1S/C18H19N3O2/c1-11-8-14-15(10-21(4)18(23)16(14)19-11)12-6-5-7-13(9-12)17(22)20(2)3/h5-10,19H,1-4H3. The van der Waals surface area contributed by atoms with Gasteiger partial charge in [0.25, 0.3) is 11.5 Å². The summed E-state index contributed by atoms with van der Waals surface area (Å²) < 4.78 is 1.56. The van der Waals surface area contributed by atoms with Crippen LogP contribution in [0.4, 0.5) is 0 Å². The Balaban J connectivity index is 2.25. The van der Waals surface area contributed by atoms with Crippen LogP contribution in [0.2, 0.25) is 0 Å². The zero-order valence-corrected chi connectivity index (χ0v) is 13.7. The van der Waals surface area contributed by atoms with E-state index in [1.807, 2.05) is 37.4 Å². The van der Waals surface area contributed by atoms with Crippen LogP contribution in [-0.4, -0.2) is 34.5 Å². The van der Waals surface area contributed by atoms with Crippen LogP contribution in [-0.2, 0) is 7.05 Å². The molecule has 0 spiro atoms. The zero-order chi connectivity index (χ0) is 16.7. The lowest BCUT2D eigenvalue weighted by Crippen LogP contribution is -2.21. The second kappa shape index (κ2) is 5.43. The Hall–Kier alpha value is -2.82. The van der Waals surface area contributed by atoms with Crippen molar-refractivity contribution in [3.63, 3.8) is 0 Å². The molecule has 0 fully saturated rings. The lowest BCUT2D eigenvalue weighted by atomic mass is 10.0. The van der Waals surface area contributed by atoms with Gasteiger partial charge in [0.05, 0.1) is 0 Å². The highest BCUT2D eigenvalue weighted by Gasteiger charge is 2.14. The number of amides is 1. The maximum atomic E-state index is 12.3. The Morgan fingerprint density at radius 3 is 2.65 bits per heavy atom. The summed E-state index contributed by atoms with van der Waals surface area (Å²) in [6.45, 7) is 1.93. The molecule has 5 nitrogen and oxygen atoms in total. The third-order valence-electron chi connectivity index (χ3n) is 3.93. The van der Waals surface area contributed by atoms with E-state index in [4.69, 9.17) is 0 Å². The van der Waals surface area contributed by atoms with Crippen molar-refractivity contribution in [3.8, 4) is 11.1 Å². The van der Waals surface area contributed by atoms with Crippen LogP contribution in [0.25, 0.3) is 22.0 Å². The normalized spacial score (nSPS) is 11.0. The topological polar surface area (TPSA) is 58.1 Å². The minimum atomic E-state index is -0.0580. The first kappa shape index (κ1) is 15.1. The van der Waals surface area contributed by atoms with Crippen LogP contribution in [0, 0.1) is 6.92 Å². The van der Waals surface area contributed by atoms with Crippen molar-refractivity contribution in [1.82, 2.24) is 14.5 Å². The Bertz CT molecular complexity index is 964. The summed E-state index contributed by atoms with van der Waals surface area (Å²) in [6.07, 6.45) is 1.82. The lowest BCUT2D eigenvalue weighted by Gasteiger charge is -2.12. The van der Waals surface area contributed by atoms with Crippen molar-refractivity contribution in [2.45, 2.75) is 6.92 Å². The molecule has 0 unspecified atom stereocenters. The molecule has 0 aliphatic carbocycles. The molecule has 3 aromatic rings. The first-order valence-corrected chi connectivity index (χ1v) is 7.39. The molecule has 0 aliphatic rings. The Morgan fingerprint density at radius 2 is 1.96 bits per heavy atom. The Kier molecular flexibility index (Phi) is 3.56. The maximum absolute atomic E-state index is 12.3. The van der Waals surface area contributed by atoms with Gasteiger partial charge in [-0.1, -0.05) is 12.1 Å². The van der Waals surface area contributed by atoms with Crippen molar-refractivity contribution in [1.29, 1.82) is 0 Å². The first-order valence-electron chi connectivity index (χ1n) is 7.39. The van der Waals surface area contributed by atoms with Crippen LogP contribution < -0.4 is 5.56 Å². The SMILES string of the molecule is Cc1cc2c(-c3cccc(C(=O)N(C)C)c3)cn(C)c(=O)c2[nH]1. The number of H-pyrrole nitrogens is 1. The Labute approximate surface area is 134 Å². The maximum Gasteiger partial charge on any atom is 0.274 e. The van der Waals surface area contributed by atoms with E-state index < -0.39 is 0 Å². The van der Waals surface area contributed by atoms with Gasteiger partial charge in [-0.05, 0) is 30.7 Å². The number of benzene rings is 1. The highest BCUT2D eigenvalue weighted by molar-refractivity contribution is 5.98. The van der Waals surface area contributed by atoms with Crippen molar-refractivity contribution in [2.75, 3.05) is 14.1 Å². The van der Waals surface area contributed by atoms with Gasteiger partial charge >= 0.3 is 0 Å². The fourth-order valence-corrected chi connectivity index (χ4v) is 2.78. The second-order valence-electron chi connectivity index (χ2n) is 5.98. The number of rotatable bonds is 2. The average Bonchev–Trinajstić information content (AvgIpc) is 2.92. The first-order chi connectivity index (χ1) is 10.9. The molecular weight excluding hydrogens is 290 g/mol. The van der Waals surface area contributed by atoms with Crippen molar-refractivity contribution < 1.29 is 4.79 Å². The number of aryl methyl sites for hydroxylation is 2. The molecule has 0 saturated carbocycles. The summed E-state index contributed by atoms with van der Waals surface area (Å²) in [6, 6.07) is 9.44. The number of nitrogens with zero attached hydrogens (tertiary/aromatic N) is 2. The van der Waals surface area contributed by atoms with E-state index in [1.165, 1.54) is 0 Å². The summed E-state index contributed by atoms with van der Waals surface area (Å²) in [7, 11) is 5.19. The molecule has 1 N–H and O–H groups in total. The predicted octanol–water partition coefficient (Wildman–Crippen LogP) is 2.54. The Morgan fingerprint density at radius 1 is 1.22 bits per heavy atom. The minimum Gasteiger partial charge on any atom is -0.354 e. The summed E-state index contributed by atoms with van der Waals surface area (Å²) in [5, 5.41) is 0.875. The average molecular weight is 309 g/mol. The molecule has 118 valence electrons. The predicted molar refractivity (Wildman–Crippen MR) is 91.7 cm³/mol. The second-order valence-corrected chi connectivity index (χ2v) is 5.98. The number of pyridine rings is 1. The van der Waals surface area contributed by atoms with Crippen LogP contribution in [0.1, 0.15) is 16.1 Å². The molecule has 0 saturated heterocycles. The number of hydrogen-bond acceptors (Lipinski definition) is 2. The monoisotopic (exact) mass is 309 g/mol. The van der Waals surface area contributed by atoms with Crippen LogP contribution in [0.5, 0.6) is 0 Å². The van der Waals surface area contributed by atoms with Crippen molar-refractivity contribution in [3.05, 3.63) is 58.1 Å². The van der Waals surface area contributed by atoms with Gasteiger partial charge in [-0.3, -0.25) is 9.59 Å². The molecule has 1 amide bonds. The van der Waals surface area contributed by atoms with Gasteiger partial charge in [0.15, 0.2) is 0 Å². The van der Waals surface area contributed by atoms with Crippen LogP contribution in [0.15, 0.2) is 41.3 Å². The molecule has 0 bridgehead atoms. The van der Waals surface area contributed by atoms with Gasteiger partial charge < -0.3 is 14.5 Å². The minimum absolute atomic E-state index is 0.0434. The number of aromatic amines is 1. The number of aromatic nitrogens is 2. The summed E-state index contributed by atoms with van der Waals surface area (Å²) in [5.41, 5.74) is 3.94. The molecule has 3 rings (SSSR count). The van der Waals surface area contributed by atoms with E-state index in [1.54, 1.807) is 36.7 Å². The number of nitrogens with one attached hydrogen (secondary N) is 1. The summed E-state index contributed by atoms with van der Waals surface area (Å²) >= 11 is 0. The largest absolute Gasteiger partial charge is 0.354 e. The van der Waals surface area contributed by atoms with Gasteiger partial charge in [0, 0.05) is 49.5 Å². The molecule has 0 radical (unpaired) electrons. The molecule has 1 aromatic carbocycles. The van der Waals surface area contributed by atoms with E-state index in [0.717, 1.165) is 22.2 Å². The van der Waals surface area contributed by atoms with Gasteiger partial charge in [0.2, 0.25) is 0 Å². The molecule has 2 aromatic heterocycles. The third kappa shape index (κ3) is 2.54. The van der Waals surface area contributed by atoms with E-state index in [9.17, 15) is 9.59 Å². The fourth-order valence-electron chi connectivity index (χ4n) is 2.78. The number of hydrogen-bond donors (Lipinski definition) is 1. The zero-order valence-electron chi connectivity index (χ0n) is 13.7. The highest BCUT2D eigenvalue weighted by Crippen LogP contribution is 2.28. The van der Waals surface area contributed by atoms with E-state index >= 15 is 0 Å². The van der Waals surface area contributed by atoms with Gasteiger partial charge in [-0.25, -0.2) is 0 Å². The highest BCUT2D eigenvalue weighted by atomic mass is 16.2. The smallest absolute Gasteiger partial charge is 0.274 e. The van der Waals surface area contributed by atoms with Crippen molar-refractivity contribution >= 4 is 16.8 Å². The number of carbonyl (C=O) groups is 1. The quantitative estimate of drug-likeness (QED) is 0.791. The van der Waals surface area contributed by atoms with Gasteiger partial charge in [-0.2, -0.15) is 0 Å². The molecule has 0 atom stereocenters. The number of carbonyl (C=O) groups excluding carboxylic acids is 1. The molecule has 0 aliphatic heterocycles. The van der Waals surface area contributed by atoms with Crippen LogP contribution >= 0.6 is 0 Å². The summed E-state index contributed by atoms with van der Waals surface area (Å²) in [4.78, 5) is 29.1. The fraction of sp³-hybridized carbons (Fsp3) is 0.222. The lowest BCUT2D eigenvalue weighted by molar-refractivity contribution is 0.0827. The van der Waals surface area contributed by atoms with E-state index in [-0.39, 0.29) is 11.5 Å². The van der Waals surface area contributed by atoms with Crippen molar-refractivity contribution in [2.24, 2.45) is 7.05 Å². The molecule has 23 heavy (non-hydrogen) atoms. The van der Waals surface area contributed by atoms with E-state index in [2.05, 4.69) is 4.98 Å². The van der Waals surface area contributed by atoms with Gasteiger partial charge in [-0.15, -0.1) is 0 Å².